The van der Waals surface area contributed by atoms with Crippen molar-refractivity contribution in [2.75, 3.05) is 27.3 Å². The van der Waals surface area contributed by atoms with E-state index < -0.39 is 30.3 Å². The number of methoxy groups -OCH3 is 2. The molecule has 2 aliphatic carbocycles. The molecule has 4 heterocycles. The fraction of sp³-hybridized carbons (Fsp3) is 0.543. The maximum absolute atomic E-state index is 13.9. The fourth-order valence-electron chi connectivity index (χ4n) is 10.4. The van der Waals surface area contributed by atoms with E-state index in [2.05, 4.69) is 32.7 Å². The van der Waals surface area contributed by atoms with Gasteiger partial charge in [-0.15, -0.1) is 0 Å². The lowest BCUT2D eigenvalue weighted by molar-refractivity contribution is -0.136. The van der Waals surface area contributed by atoms with Gasteiger partial charge in [-0.1, -0.05) is 58.7 Å². The summed E-state index contributed by atoms with van der Waals surface area (Å²) in [5.41, 5.74) is 7.14. The van der Waals surface area contributed by atoms with Gasteiger partial charge in [0.05, 0.1) is 49.1 Å². The highest BCUT2D eigenvalue weighted by Crippen LogP contribution is 2.53. The number of hydrogen-bond acceptors (Lipinski definition) is 9. The second-order valence-corrected chi connectivity index (χ2v) is 18.1. The molecule has 4 N–H and O–H groups in total. The van der Waals surface area contributed by atoms with Gasteiger partial charge in [-0.3, -0.25) is 14.4 Å². The number of amides is 4. The summed E-state index contributed by atoms with van der Waals surface area (Å²) in [4.78, 5) is 85.6. The number of nitrogens with one attached hydrogen (secondary N) is 4. The van der Waals surface area contributed by atoms with E-state index in [4.69, 9.17) is 19.4 Å². The molecule has 2 aromatic carbocycles. The van der Waals surface area contributed by atoms with Crippen LogP contribution >= 0.6 is 0 Å². The number of H-pyrrole nitrogens is 2. The highest BCUT2D eigenvalue weighted by molar-refractivity contribution is 5.88. The number of carbonyl (C=O) groups excluding carboxylic acids is 4. The smallest absolute Gasteiger partial charge is 0.407 e. The Kier molecular flexibility index (Phi) is 11.7. The Balaban J connectivity index is 1.09. The lowest BCUT2D eigenvalue weighted by atomic mass is 9.82. The summed E-state index contributed by atoms with van der Waals surface area (Å²) in [5, 5.41) is 5.88. The van der Waals surface area contributed by atoms with Crippen molar-refractivity contribution in [1.82, 2.24) is 40.4 Å². The molecule has 15 heteroatoms. The highest BCUT2D eigenvalue weighted by Gasteiger charge is 2.43. The number of fused-ring (bicyclic) bond motifs is 2. The minimum Gasteiger partial charge on any atom is -0.453 e. The molecular formula is C46H58N8O7. The molecule has 1 saturated carbocycles. The van der Waals surface area contributed by atoms with E-state index >= 15 is 0 Å². The molecule has 2 saturated heterocycles. The first-order valence-corrected chi connectivity index (χ1v) is 21.9. The second kappa shape index (κ2) is 17.0. The molecule has 3 fully saturated rings. The molecule has 324 valence electrons. The maximum atomic E-state index is 13.9. The van der Waals surface area contributed by atoms with Gasteiger partial charge >= 0.3 is 12.2 Å². The van der Waals surface area contributed by atoms with Gasteiger partial charge < -0.3 is 39.9 Å². The van der Waals surface area contributed by atoms with E-state index in [1.54, 1.807) is 4.90 Å². The zero-order chi connectivity index (χ0) is 43.2. The van der Waals surface area contributed by atoms with E-state index in [1.807, 2.05) is 57.0 Å². The lowest BCUT2D eigenvalue weighted by Crippen LogP contribution is -2.51. The van der Waals surface area contributed by atoms with Gasteiger partial charge in [-0.2, -0.15) is 0 Å². The normalized spacial score (nSPS) is 20.4. The van der Waals surface area contributed by atoms with Crippen LogP contribution in [0.15, 0.2) is 41.3 Å². The van der Waals surface area contributed by atoms with Gasteiger partial charge in [0.25, 0.3) is 5.56 Å². The van der Waals surface area contributed by atoms with Crippen molar-refractivity contribution in [1.29, 1.82) is 0 Å². The summed E-state index contributed by atoms with van der Waals surface area (Å²) >= 11 is 0. The second-order valence-electron chi connectivity index (χ2n) is 18.1. The minimum atomic E-state index is -0.774. The van der Waals surface area contributed by atoms with Crippen LogP contribution in [0, 0.1) is 17.3 Å². The number of benzene rings is 2. The highest BCUT2D eigenvalue weighted by atomic mass is 16.5. The molecule has 4 aromatic rings. The van der Waals surface area contributed by atoms with Crippen LogP contribution in [0.4, 0.5) is 9.59 Å². The Morgan fingerprint density at radius 3 is 1.89 bits per heavy atom. The van der Waals surface area contributed by atoms with E-state index in [-0.39, 0.29) is 40.7 Å². The number of rotatable bonds is 10. The molecule has 1 spiro atoms. The molecule has 4 aliphatic rings. The van der Waals surface area contributed by atoms with Crippen LogP contribution in [0.3, 0.4) is 0 Å². The summed E-state index contributed by atoms with van der Waals surface area (Å²) in [5.74, 6) is 0.497. The van der Waals surface area contributed by atoms with Gasteiger partial charge in [-0.05, 0) is 103 Å². The van der Waals surface area contributed by atoms with Gasteiger partial charge in [-0.25, -0.2) is 19.6 Å². The monoisotopic (exact) mass is 834 g/mol. The molecule has 0 bridgehead atoms. The quantitative estimate of drug-likeness (QED) is 0.134. The molecular weight excluding hydrogens is 777 g/mol. The van der Waals surface area contributed by atoms with E-state index in [9.17, 15) is 24.0 Å². The van der Waals surface area contributed by atoms with Gasteiger partial charge in [0.1, 0.15) is 23.7 Å². The number of carbonyl (C=O) groups is 4. The van der Waals surface area contributed by atoms with Crippen LogP contribution in [0.1, 0.15) is 114 Å². The standard InChI is InChI=1S/C46H58N8O7/c1-25(2)37(50-44(58)60-5)42(56)53-19-9-11-35(53)39-47-24-34(49-39)29-15-14-28(31-22-46(23-32(29)31)17-7-8-18-46)27-13-16-33-30(21-27)41(55)52-40(48-33)36-12-10-20-54(36)43(57)38(26(3)4)51-45(59)61-6/h13-16,21,24-26,35-38H,7-12,17-20,22-23H2,1-6H3,(H,47,49)(H,50,58)(H,51,59)(H,48,52,55)/t35-,36+,37-,38+/m0/s1. The number of likely N-dealkylation sites (tertiary alicyclic amines) is 2. The van der Waals surface area contributed by atoms with Crippen LogP contribution in [0.2, 0.25) is 0 Å². The summed E-state index contributed by atoms with van der Waals surface area (Å²) < 4.78 is 9.59. The first-order chi connectivity index (χ1) is 29.3. The third-order valence-electron chi connectivity index (χ3n) is 13.6. The number of imidazole rings is 1. The van der Waals surface area contributed by atoms with Gasteiger partial charge in [0.2, 0.25) is 11.8 Å². The van der Waals surface area contributed by atoms with Crippen molar-refractivity contribution in [2.24, 2.45) is 17.3 Å². The van der Waals surface area contributed by atoms with Gasteiger partial charge in [0.15, 0.2) is 0 Å². The van der Waals surface area contributed by atoms with E-state index in [1.165, 1.54) is 51.0 Å². The Morgan fingerprint density at radius 1 is 0.754 bits per heavy atom. The average Bonchev–Trinajstić information content (AvgIpc) is 4.11. The average molecular weight is 835 g/mol. The van der Waals surface area contributed by atoms with Crippen LogP contribution in [-0.2, 0) is 31.9 Å². The lowest BCUT2D eigenvalue weighted by Gasteiger charge is -2.30. The van der Waals surface area contributed by atoms with Crippen molar-refractivity contribution in [3.63, 3.8) is 0 Å². The third-order valence-corrected chi connectivity index (χ3v) is 13.6. The Morgan fingerprint density at radius 2 is 1.31 bits per heavy atom. The predicted octanol–water partition coefficient (Wildman–Crippen LogP) is 6.73. The molecule has 61 heavy (non-hydrogen) atoms. The summed E-state index contributed by atoms with van der Waals surface area (Å²) in [7, 11) is 2.56. The minimum absolute atomic E-state index is 0.124. The molecule has 4 amide bonds. The number of nitrogens with zero attached hydrogens (tertiary/aromatic N) is 4. The first kappa shape index (κ1) is 42.0. The number of aromatic amines is 2. The molecule has 4 atom stereocenters. The van der Waals surface area contributed by atoms with Crippen molar-refractivity contribution in [2.45, 2.75) is 116 Å². The number of hydrogen-bond donors (Lipinski definition) is 4. The fourth-order valence-corrected chi connectivity index (χ4v) is 10.4. The zero-order valence-corrected chi connectivity index (χ0v) is 36.1. The number of alkyl carbamates (subject to hydrolysis) is 2. The molecule has 2 aromatic heterocycles. The van der Waals surface area contributed by atoms with Crippen molar-refractivity contribution >= 4 is 34.9 Å². The van der Waals surface area contributed by atoms with Crippen LogP contribution in [0.5, 0.6) is 0 Å². The summed E-state index contributed by atoms with van der Waals surface area (Å²) in [6.07, 6.45) is 10.3. The topological polar surface area (TPSA) is 192 Å². The SMILES string of the molecule is COC(=O)N[C@H](C(=O)N1CCC[C@H]1c1ncc(-c2ccc(-c3ccc4nc([C@H]5CCCN5C(=O)[C@H](NC(=O)OC)C(C)C)[nH]c(=O)c4c3)c3c2CC2(CCCC2)C3)[nH]1)C(C)C. The predicted molar refractivity (Wildman–Crippen MR) is 229 cm³/mol. The maximum Gasteiger partial charge on any atom is 0.407 e. The molecule has 0 radical (unpaired) electrons. The largest absolute Gasteiger partial charge is 0.453 e. The number of ether oxygens (including phenoxy) is 2. The van der Waals surface area contributed by atoms with Crippen LogP contribution in [-0.4, -0.2) is 93.1 Å². The van der Waals surface area contributed by atoms with E-state index in [0.717, 1.165) is 60.3 Å². The summed E-state index contributed by atoms with van der Waals surface area (Å²) in [6, 6.07) is 8.05. The van der Waals surface area contributed by atoms with Gasteiger partial charge in [0, 0.05) is 18.7 Å². The number of aromatic nitrogens is 4. The molecule has 0 unspecified atom stereocenters. The Bertz CT molecular complexity index is 2400. The summed E-state index contributed by atoms with van der Waals surface area (Å²) in [6.45, 7) is 8.63. The third kappa shape index (κ3) is 7.98. The Hall–Kier alpha value is -5.73. The zero-order valence-electron chi connectivity index (χ0n) is 36.1. The molecule has 2 aliphatic heterocycles. The van der Waals surface area contributed by atoms with Crippen LogP contribution in [0.25, 0.3) is 33.3 Å². The van der Waals surface area contributed by atoms with Crippen molar-refractivity contribution in [3.8, 4) is 22.4 Å². The van der Waals surface area contributed by atoms with Crippen LogP contribution < -0.4 is 16.2 Å². The first-order valence-electron chi connectivity index (χ1n) is 21.9. The van der Waals surface area contributed by atoms with Crippen molar-refractivity contribution in [3.05, 3.63) is 69.7 Å². The van der Waals surface area contributed by atoms with Crippen molar-refractivity contribution < 1.29 is 28.7 Å². The van der Waals surface area contributed by atoms with E-state index in [0.29, 0.717) is 36.2 Å². The molecule has 15 nitrogen and oxygen atoms in total. The Labute approximate surface area is 355 Å². The molecule has 8 rings (SSSR count).